The highest BCUT2D eigenvalue weighted by Crippen LogP contribution is 2.18. The average Bonchev–Trinajstić information content (AvgIpc) is 2.40. The molecule has 0 fully saturated rings. The Kier molecular flexibility index (Phi) is 6.81. The van der Waals surface area contributed by atoms with Crippen molar-refractivity contribution in [2.45, 2.75) is 46.6 Å². The van der Waals surface area contributed by atoms with Crippen LogP contribution in [0.1, 0.15) is 39.2 Å². The molecule has 1 atom stereocenters. The van der Waals surface area contributed by atoms with E-state index in [1.165, 1.54) is 24.1 Å². The topological polar surface area (TPSA) is 15.3 Å². The lowest BCUT2D eigenvalue weighted by Crippen LogP contribution is -2.42. The van der Waals surface area contributed by atoms with Gasteiger partial charge in [0.05, 0.1) is 0 Å². The normalized spacial score (nSPS) is 12.4. The number of likely N-dealkylation sites (N-methyl/N-ethyl adjacent to an activating group) is 1. The van der Waals surface area contributed by atoms with Gasteiger partial charge in [-0.05, 0) is 45.4 Å². The predicted molar refractivity (Wildman–Crippen MR) is 81.4 cm³/mol. The van der Waals surface area contributed by atoms with Gasteiger partial charge in [0.2, 0.25) is 0 Å². The summed E-state index contributed by atoms with van der Waals surface area (Å²) >= 11 is 0. The lowest BCUT2D eigenvalue weighted by molar-refractivity contribution is 0.524. The van der Waals surface area contributed by atoms with Crippen LogP contribution in [0.25, 0.3) is 0 Å². The van der Waals surface area contributed by atoms with E-state index in [9.17, 15) is 0 Å². The minimum absolute atomic E-state index is 0.587. The molecule has 0 saturated carbocycles. The summed E-state index contributed by atoms with van der Waals surface area (Å²) in [4.78, 5) is 2.50. The Bertz CT molecular complexity index is 318. The van der Waals surface area contributed by atoms with Gasteiger partial charge in [0, 0.05) is 24.8 Å². The maximum Gasteiger partial charge on any atom is 0.0411 e. The van der Waals surface area contributed by atoms with E-state index >= 15 is 0 Å². The van der Waals surface area contributed by atoms with Crippen molar-refractivity contribution in [1.82, 2.24) is 5.32 Å². The molecule has 102 valence electrons. The van der Waals surface area contributed by atoms with Gasteiger partial charge in [-0.25, -0.2) is 0 Å². The molecule has 0 spiro atoms. The molecule has 0 aliphatic rings. The molecule has 1 aromatic rings. The van der Waals surface area contributed by atoms with E-state index in [4.69, 9.17) is 0 Å². The van der Waals surface area contributed by atoms with Crippen LogP contribution in [-0.2, 0) is 0 Å². The standard InChI is InChI=1S/C16H28N2/c1-5-12-17-13-15(6-2)18(7-3)16-10-8-14(4)9-11-16/h8-11,15,17H,5-7,12-13H2,1-4H3. The van der Waals surface area contributed by atoms with Crippen molar-refractivity contribution < 1.29 is 0 Å². The van der Waals surface area contributed by atoms with E-state index in [1.54, 1.807) is 0 Å². The monoisotopic (exact) mass is 248 g/mol. The first-order valence-electron chi connectivity index (χ1n) is 7.26. The van der Waals surface area contributed by atoms with Crippen LogP contribution in [0, 0.1) is 6.92 Å². The second kappa shape index (κ2) is 8.15. The Morgan fingerprint density at radius 2 is 1.78 bits per heavy atom. The summed E-state index contributed by atoms with van der Waals surface area (Å²) in [7, 11) is 0. The zero-order chi connectivity index (χ0) is 13.4. The van der Waals surface area contributed by atoms with Crippen LogP contribution in [0.3, 0.4) is 0 Å². The van der Waals surface area contributed by atoms with Gasteiger partial charge in [-0.3, -0.25) is 0 Å². The largest absolute Gasteiger partial charge is 0.368 e. The second-order valence-electron chi connectivity index (χ2n) is 4.89. The first-order valence-corrected chi connectivity index (χ1v) is 7.26. The van der Waals surface area contributed by atoms with Crippen LogP contribution in [-0.4, -0.2) is 25.7 Å². The van der Waals surface area contributed by atoms with Crippen molar-refractivity contribution in [2.75, 3.05) is 24.5 Å². The van der Waals surface area contributed by atoms with Gasteiger partial charge in [0.15, 0.2) is 0 Å². The molecule has 0 aromatic heterocycles. The summed E-state index contributed by atoms with van der Waals surface area (Å²) in [6.45, 7) is 12.1. The van der Waals surface area contributed by atoms with Crippen LogP contribution in [0.5, 0.6) is 0 Å². The molecule has 1 rings (SSSR count). The number of hydrogen-bond donors (Lipinski definition) is 1. The van der Waals surface area contributed by atoms with E-state index in [-0.39, 0.29) is 0 Å². The minimum Gasteiger partial charge on any atom is -0.368 e. The van der Waals surface area contributed by atoms with Crippen molar-refractivity contribution in [3.05, 3.63) is 29.8 Å². The number of anilines is 1. The van der Waals surface area contributed by atoms with Gasteiger partial charge in [-0.1, -0.05) is 31.5 Å². The van der Waals surface area contributed by atoms with Gasteiger partial charge < -0.3 is 10.2 Å². The summed E-state index contributed by atoms with van der Waals surface area (Å²) in [5, 5.41) is 3.54. The molecule has 0 amide bonds. The van der Waals surface area contributed by atoms with Crippen LogP contribution in [0.4, 0.5) is 5.69 Å². The summed E-state index contributed by atoms with van der Waals surface area (Å²) < 4.78 is 0. The molecule has 1 N–H and O–H groups in total. The van der Waals surface area contributed by atoms with Crippen LogP contribution in [0.2, 0.25) is 0 Å². The Hall–Kier alpha value is -1.02. The smallest absolute Gasteiger partial charge is 0.0411 e. The molecule has 2 heteroatoms. The van der Waals surface area contributed by atoms with Crippen molar-refractivity contribution in [3.8, 4) is 0 Å². The third-order valence-corrected chi connectivity index (χ3v) is 3.43. The Morgan fingerprint density at radius 3 is 2.28 bits per heavy atom. The molecular weight excluding hydrogens is 220 g/mol. The third-order valence-electron chi connectivity index (χ3n) is 3.43. The van der Waals surface area contributed by atoms with Gasteiger partial charge in [-0.2, -0.15) is 0 Å². The molecule has 0 radical (unpaired) electrons. The number of aryl methyl sites for hydroxylation is 1. The van der Waals surface area contributed by atoms with Crippen LogP contribution >= 0.6 is 0 Å². The van der Waals surface area contributed by atoms with E-state index in [0.29, 0.717) is 6.04 Å². The molecule has 0 saturated heterocycles. The number of benzene rings is 1. The van der Waals surface area contributed by atoms with E-state index in [1.807, 2.05) is 0 Å². The first kappa shape index (κ1) is 15.0. The Balaban J connectivity index is 2.69. The molecule has 1 aromatic carbocycles. The molecule has 18 heavy (non-hydrogen) atoms. The quantitative estimate of drug-likeness (QED) is 0.707. The van der Waals surface area contributed by atoms with E-state index in [0.717, 1.165) is 19.6 Å². The Labute approximate surface area is 112 Å². The van der Waals surface area contributed by atoms with Gasteiger partial charge >= 0.3 is 0 Å². The van der Waals surface area contributed by atoms with E-state index < -0.39 is 0 Å². The third kappa shape index (κ3) is 4.34. The highest BCUT2D eigenvalue weighted by molar-refractivity contribution is 5.48. The van der Waals surface area contributed by atoms with Crippen molar-refractivity contribution in [2.24, 2.45) is 0 Å². The van der Waals surface area contributed by atoms with E-state index in [2.05, 4.69) is 62.2 Å². The highest BCUT2D eigenvalue weighted by Gasteiger charge is 2.15. The van der Waals surface area contributed by atoms with Gasteiger partial charge in [-0.15, -0.1) is 0 Å². The summed E-state index contributed by atoms with van der Waals surface area (Å²) in [6.07, 6.45) is 2.38. The average molecular weight is 248 g/mol. The number of nitrogens with one attached hydrogen (secondary N) is 1. The summed E-state index contributed by atoms with van der Waals surface area (Å²) in [6, 6.07) is 9.46. The number of rotatable bonds is 8. The lowest BCUT2D eigenvalue weighted by Gasteiger charge is -2.32. The van der Waals surface area contributed by atoms with Crippen molar-refractivity contribution in [1.29, 1.82) is 0 Å². The lowest BCUT2D eigenvalue weighted by atomic mass is 10.1. The molecule has 0 aliphatic carbocycles. The number of hydrogen-bond acceptors (Lipinski definition) is 2. The van der Waals surface area contributed by atoms with Crippen molar-refractivity contribution >= 4 is 5.69 Å². The molecule has 1 unspecified atom stereocenters. The highest BCUT2D eigenvalue weighted by atomic mass is 15.2. The predicted octanol–water partition coefficient (Wildman–Crippen LogP) is 3.60. The maximum atomic E-state index is 3.54. The molecule has 0 aliphatic heterocycles. The number of nitrogens with zero attached hydrogens (tertiary/aromatic N) is 1. The van der Waals surface area contributed by atoms with Gasteiger partial charge in [0.25, 0.3) is 0 Å². The maximum absolute atomic E-state index is 3.54. The van der Waals surface area contributed by atoms with Crippen LogP contribution in [0.15, 0.2) is 24.3 Å². The van der Waals surface area contributed by atoms with Crippen molar-refractivity contribution in [3.63, 3.8) is 0 Å². The molecular formula is C16H28N2. The fourth-order valence-corrected chi connectivity index (χ4v) is 2.31. The minimum atomic E-state index is 0.587. The fraction of sp³-hybridized carbons (Fsp3) is 0.625. The molecule has 0 bridgehead atoms. The molecule has 2 nitrogen and oxygen atoms in total. The zero-order valence-electron chi connectivity index (χ0n) is 12.4. The summed E-state index contributed by atoms with van der Waals surface area (Å²) in [5.41, 5.74) is 2.67. The zero-order valence-corrected chi connectivity index (χ0v) is 12.4. The first-order chi connectivity index (χ1) is 8.72. The van der Waals surface area contributed by atoms with Gasteiger partial charge in [0.1, 0.15) is 0 Å². The van der Waals surface area contributed by atoms with Crippen LogP contribution < -0.4 is 10.2 Å². The molecule has 0 heterocycles. The Morgan fingerprint density at radius 1 is 1.11 bits per heavy atom. The summed E-state index contributed by atoms with van der Waals surface area (Å²) in [5.74, 6) is 0. The fourth-order valence-electron chi connectivity index (χ4n) is 2.31. The SMILES string of the molecule is CCCNCC(CC)N(CC)c1ccc(C)cc1. The second-order valence-corrected chi connectivity index (χ2v) is 4.89.